The van der Waals surface area contributed by atoms with Crippen LogP contribution < -0.4 is 10.5 Å². The molecule has 0 heterocycles. The van der Waals surface area contributed by atoms with Gasteiger partial charge in [-0.2, -0.15) is 0 Å². The van der Waals surface area contributed by atoms with Crippen LogP contribution in [0.15, 0.2) is 42.5 Å². The van der Waals surface area contributed by atoms with Gasteiger partial charge in [-0.05, 0) is 42.7 Å². The maximum Gasteiger partial charge on any atom is 0.119 e. The zero-order valence-electron chi connectivity index (χ0n) is 11.9. The van der Waals surface area contributed by atoms with Gasteiger partial charge in [-0.1, -0.05) is 42.8 Å². The molecular formula is C17H20ClNO. The van der Waals surface area contributed by atoms with E-state index >= 15 is 0 Å². The van der Waals surface area contributed by atoms with Crippen LogP contribution in [0.3, 0.4) is 0 Å². The van der Waals surface area contributed by atoms with Gasteiger partial charge in [-0.15, -0.1) is 0 Å². The van der Waals surface area contributed by atoms with E-state index in [1.807, 2.05) is 49.4 Å². The van der Waals surface area contributed by atoms with Crippen LogP contribution in [0, 0.1) is 6.92 Å². The molecular weight excluding hydrogens is 270 g/mol. The Morgan fingerprint density at radius 1 is 1.15 bits per heavy atom. The van der Waals surface area contributed by atoms with Gasteiger partial charge in [0.05, 0.1) is 0 Å². The maximum absolute atomic E-state index is 6.18. The second-order valence-electron chi connectivity index (χ2n) is 4.97. The molecule has 2 nitrogen and oxygen atoms in total. The van der Waals surface area contributed by atoms with Gasteiger partial charge in [0, 0.05) is 16.6 Å². The Morgan fingerprint density at radius 2 is 1.85 bits per heavy atom. The number of halogens is 1. The lowest BCUT2D eigenvalue weighted by atomic mass is 10.1. The molecule has 0 aromatic heterocycles. The third-order valence-electron chi connectivity index (χ3n) is 3.35. The van der Waals surface area contributed by atoms with Gasteiger partial charge in [0.15, 0.2) is 0 Å². The number of nitrogens with two attached hydrogens (primary N) is 1. The highest BCUT2D eigenvalue weighted by Crippen LogP contribution is 2.22. The SMILES string of the molecule is CCC(N)c1ccc(OCc2ccc(C)cc2Cl)cc1. The lowest BCUT2D eigenvalue weighted by Gasteiger charge is -2.11. The minimum absolute atomic E-state index is 0.0931. The average Bonchev–Trinajstić information content (AvgIpc) is 2.46. The zero-order chi connectivity index (χ0) is 14.5. The first kappa shape index (κ1) is 14.9. The van der Waals surface area contributed by atoms with Crippen molar-refractivity contribution in [1.29, 1.82) is 0 Å². The molecule has 2 aromatic carbocycles. The first-order valence-corrected chi connectivity index (χ1v) is 7.21. The molecule has 0 spiro atoms. The minimum Gasteiger partial charge on any atom is -0.489 e. The van der Waals surface area contributed by atoms with E-state index in [1.165, 1.54) is 0 Å². The van der Waals surface area contributed by atoms with Gasteiger partial charge in [-0.25, -0.2) is 0 Å². The molecule has 0 bridgehead atoms. The van der Waals surface area contributed by atoms with Crippen molar-refractivity contribution >= 4 is 11.6 Å². The van der Waals surface area contributed by atoms with Crippen LogP contribution in [-0.2, 0) is 6.61 Å². The normalized spacial score (nSPS) is 12.2. The standard InChI is InChI=1S/C17H20ClNO/c1-3-17(19)13-6-8-15(9-7-13)20-11-14-5-4-12(2)10-16(14)18/h4-10,17H,3,11,19H2,1-2H3. The molecule has 0 radical (unpaired) electrons. The smallest absolute Gasteiger partial charge is 0.119 e. The maximum atomic E-state index is 6.18. The highest BCUT2D eigenvalue weighted by Gasteiger charge is 2.04. The highest BCUT2D eigenvalue weighted by atomic mass is 35.5. The fourth-order valence-corrected chi connectivity index (χ4v) is 2.27. The van der Waals surface area contributed by atoms with Crippen molar-refractivity contribution in [1.82, 2.24) is 0 Å². The summed E-state index contributed by atoms with van der Waals surface area (Å²) >= 11 is 6.18. The molecule has 0 aliphatic rings. The van der Waals surface area contributed by atoms with E-state index in [2.05, 4.69) is 6.92 Å². The predicted octanol–water partition coefficient (Wildman–Crippen LogP) is 4.64. The molecule has 0 aliphatic carbocycles. The van der Waals surface area contributed by atoms with Crippen LogP contribution in [-0.4, -0.2) is 0 Å². The Morgan fingerprint density at radius 3 is 2.45 bits per heavy atom. The number of hydrogen-bond donors (Lipinski definition) is 1. The van der Waals surface area contributed by atoms with E-state index in [-0.39, 0.29) is 6.04 Å². The second-order valence-corrected chi connectivity index (χ2v) is 5.37. The van der Waals surface area contributed by atoms with Crippen molar-refractivity contribution in [2.75, 3.05) is 0 Å². The summed E-state index contributed by atoms with van der Waals surface area (Å²) < 4.78 is 5.76. The van der Waals surface area contributed by atoms with Crippen molar-refractivity contribution < 1.29 is 4.74 Å². The molecule has 0 fully saturated rings. The van der Waals surface area contributed by atoms with Crippen molar-refractivity contribution in [3.8, 4) is 5.75 Å². The van der Waals surface area contributed by atoms with E-state index in [1.54, 1.807) is 0 Å². The number of hydrogen-bond acceptors (Lipinski definition) is 2. The fourth-order valence-electron chi connectivity index (χ4n) is 1.98. The van der Waals surface area contributed by atoms with Crippen LogP contribution in [0.1, 0.15) is 36.1 Å². The van der Waals surface area contributed by atoms with Gasteiger partial charge in [0.1, 0.15) is 12.4 Å². The molecule has 2 N–H and O–H groups in total. The number of rotatable bonds is 5. The van der Waals surface area contributed by atoms with Crippen molar-refractivity contribution in [3.05, 3.63) is 64.2 Å². The first-order chi connectivity index (χ1) is 9.60. The fraction of sp³-hybridized carbons (Fsp3) is 0.294. The first-order valence-electron chi connectivity index (χ1n) is 6.83. The van der Waals surface area contributed by atoms with Crippen molar-refractivity contribution in [2.24, 2.45) is 5.73 Å². The molecule has 20 heavy (non-hydrogen) atoms. The topological polar surface area (TPSA) is 35.2 Å². The zero-order valence-corrected chi connectivity index (χ0v) is 12.7. The lowest BCUT2D eigenvalue weighted by molar-refractivity contribution is 0.306. The Labute approximate surface area is 125 Å². The van der Waals surface area contributed by atoms with Crippen molar-refractivity contribution in [2.45, 2.75) is 32.9 Å². The summed E-state index contributed by atoms with van der Waals surface area (Å²) in [5, 5.41) is 0.745. The molecule has 0 saturated heterocycles. The highest BCUT2D eigenvalue weighted by molar-refractivity contribution is 6.31. The summed E-state index contributed by atoms with van der Waals surface area (Å²) in [6.45, 7) is 4.57. The monoisotopic (exact) mass is 289 g/mol. The molecule has 1 atom stereocenters. The van der Waals surface area contributed by atoms with E-state index in [0.29, 0.717) is 6.61 Å². The van der Waals surface area contributed by atoms with Crippen LogP contribution >= 0.6 is 11.6 Å². The molecule has 0 aliphatic heterocycles. The molecule has 0 saturated carbocycles. The summed E-state index contributed by atoms with van der Waals surface area (Å²) in [6.07, 6.45) is 0.930. The molecule has 3 heteroatoms. The second kappa shape index (κ2) is 6.78. The number of benzene rings is 2. The summed E-state index contributed by atoms with van der Waals surface area (Å²) in [4.78, 5) is 0. The molecule has 2 rings (SSSR count). The minimum atomic E-state index is 0.0931. The summed E-state index contributed by atoms with van der Waals surface area (Å²) in [7, 11) is 0. The van der Waals surface area contributed by atoms with Gasteiger partial charge >= 0.3 is 0 Å². The third-order valence-corrected chi connectivity index (χ3v) is 3.70. The lowest BCUT2D eigenvalue weighted by Crippen LogP contribution is -2.08. The van der Waals surface area contributed by atoms with Crippen molar-refractivity contribution in [3.63, 3.8) is 0 Å². The number of ether oxygens (including phenoxy) is 1. The van der Waals surface area contributed by atoms with Crippen LogP contribution in [0.4, 0.5) is 0 Å². The molecule has 2 aromatic rings. The van der Waals surface area contributed by atoms with Crippen LogP contribution in [0.5, 0.6) is 5.75 Å². The Hall–Kier alpha value is -1.51. The molecule has 106 valence electrons. The predicted molar refractivity (Wildman–Crippen MR) is 84.2 cm³/mol. The van der Waals surface area contributed by atoms with Gasteiger partial charge in [0.2, 0.25) is 0 Å². The van der Waals surface area contributed by atoms with Gasteiger partial charge in [-0.3, -0.25) is 0 Å². The Bertz CT molecular complexity index is 566. The average molecular weight is 290 g/mol. The largest absolute Gasteiger partial charge is 0.489 e. The summed E-state index contributed by atoms with van der Waals surface area (Å²) in [5.74, 6) is 0.827. The van der Waals surface area contributed by atoms with Gasteiger partial charge < -0.3 is 10.5 Å². The van der Waals surface area contributed by atoms with E-state index in [0.717, 1.165) is 33.9 Å². The Kier molecular flexibility index (Phi) is 5.05. The Balaban J connectivity index is 2.00. The van der Waals surface area contributed by atoms with Crippen LogP contribution in [0.2, 0.25) is 5.02 Å². The summed E-state index contributed by atoms with van der Waals surface area (Å²) in [6, 6.07) is 14.0. The van der Waals surface area contributed by atoms with E-state index < -0.39 is 0 Å². The van der Waals surface area contributed by atoms with Crippen LogP contribution in [0.25, 0.3) is 0 Å². The van der Waals surface area contributed by atoms with E-state index in [9.17, 15) is 0 Å². The third kappa shape index (κ3) is 3.75. The molecule has 0 amide bonds. The summed E-state index contributed by atoms with van der Waals surface area (Å²) in [5.41, 5.74) is 9.26. The van der Waals surface area contributed by atoms with Gasteiger partial charge in [0.25, 0.3) is 0 Å². The quantitative estimate of drug-likeness (QED) is 0.870. The van der Waals surface area contributed by atoms with E-state index in [4.69, 9.17) is 22.1 Å². The number of aryl methyl sites for hydroxylation is 1. The molecule has 1 unspecified atom stereocenters.